The molecule has 0 bridgehead atoms. The lowest BCUT2D eigenvalue weighted by atomic mass is 10.0. The van der Waals surface area contributed by atoms with Gasteiger partial charge in [-0.05, 0) is 32.6 Å². The highest BCUT2D eigenvalue weighted by atomic mass is 16.2. The second-order valence-corrected chi connectivity index (χ2v) is 4.43. The number of hydrogen-bond donors (Lipinski definition) is 0. The van der Waals surface area contributed by atoms with E-state index >= 15 is 0 Å². The Morgan fingerprint density at radius 1 is 1.21 bits per heavy atom. The zero-order chi connectivity index (χ0) is 10.1. The summed E-state index contributed by atoms with van der Waals surface area (Å²) in [6.45, 7) is 3.46. The number of nitrogens with zero attached hydrogens (tertiary/aromatic N) is 1. The average molecular weight is 195 g/mol. The molecule has 3 nitrogen and oxygen atoms in total. The van der Waals surface area contributed by atoms with E-state index in [0.29, 0.717) is 0 Å². The molecule has 1 aliphatic heterocycles. The fourth-order valence-corrected chi connectivity index (χ4v) is 2.05. The molecule has 1 saturated heterocycles. The van der Waals surface area contributed by atoms with Crippen LogP contribution in [0.5, 0.6) is 0 Å². The molecule has 1 atom stereocenters. The first-order chi connectivity index (χ1) is 6.70. The van der Waals surface area contributed by atoms with E-state index in [1.165, 1.54) is 0 Å². The largest absolute Gasteiger partial charge is 0.342 e. The Morgan fingerprint density at radius 3 is 2.29 bits per heavy atom. The molecule has 14 heavy (non-hydrogen) atoms. The highest BCUT2D eigenvalue weighted by Gasteiger charge is 2.37. The van der Waals surface area contributed by atoms with E-state index < -0.39 is 0 Å². The van der Waals surface area contributed by atoms with Gasteiger partial charge < -0.3 is 4.90 Å². The summed E-state index contributed by atoms with van der Waals surface area (Å²) in [5.74, 6) is 0.0402. The van der Waals surface area contributed by atoms with Crippen LogP contribution in [0.3, 0.4) is 0 Å². The Bertz CT molecular complexity index is 252. The summed E-state index contributed by atoms with van der Waals surface area (Å²) in [4.78, 5) is 25.3. The summed E-state index contributed by atoms with van der Waals surface area (Å²) in [7, 11) is 0. The summed E-state index contributed by atoms with van der Waals surface area (Å²) in [5, 5.41) is 0. The normalized spacial score (nSPS) is 23.6. The Hall–Kier alpha value is -0.860. The van der Waals surface area contributed by atoms with Crippen molar-refractivity contribution >= 4 is 11.7 Å². The lowest BCUT2D eigenvalue weighted by molar-refractivity contribution is -0.140. The number of rotatable bonds is 3. The Morgan fingerprint density at radius 2 is 1.79 bits per heavy atom. The molecule has 78 valence electrons. The van der Waals surface area contributed by atoms with Gasteiger partial charge in [-0.25, -0.2) is 0 Å². The molecule has 0 aromatic carbocycles. The summed E-state index contributed by atoms with van der Waals surface area (Å²) >= 11 is 0. The minimum atomic E-state index is -0.388. The van der Waals surface area contributed by atoms with Gasteiger partial charge in [-0.1, -0.05) is 0 Å². The first kappa shape index (κ1) is 9.69. The van der Waals surface area contributed by atoms with Gasteiger partial charge in [0, 0.05) is 19.0 Å². The van der Waals surface area contributed by atoms with Crippen molar-refractivity contribution in [2.75, 3.05) is 13.1 Å². The lowest BCUT2D eigenvalue weighted by Gasteiger charge is -2.19. The van der Waals surface area contributed by atoms with Crippen molar-refractivity contribution in [2.24, 2.45) is 11.8 Å². The number of carbonyl (C=O) groups excluding carboxylic acids is 2. The monoisotopic (exact) mass is 195 g/mol. The summed E-state index contributed by atoms with van der Waals surface area (Å²) in [6.07, 6.45) is 4.18. The SMILES string of the molecule is CC(C(=O)C1CC1)C(=O)N1CCCC1. The van der Waals surface area contributed by atoms with Gasteiger partial charge in [-0.3, -0.25) is 9.59 Å². The van der Waals surface area contributed by atoms with Crippen molar-refractivity contribution in [1.82, 2.24) is 4.90 Å². The van der Waals surface area contributed by atoms with E-state index in [2.05, 4.69) is 0 Å². The third-order valence-electron chi connectivity index (χ3n) is 3.19. The van der Waals surface area contributed by atoms with Crippen molar-refractivity contribution in [3.8, 4) is 0 Å². The third-order valence-corrected chi connectivity index (χ3v) is 3.19. The molecule has 2 aliphatic rings. The molecular formula is C11H17NO2. The van der Waals surface area contributed by atoms with E-state index in [-0.39, 0.29) is 23.5 Å². The van der Waals surface area contributed by atoms with Crippen LogP contribution >= 0.6 is 0 Å². The number of amides is 1. The second kappa shape index (κ2) is 3.71. The highest BCUT2D eigenvalue weighted by Crippen LogP contribution is 2.33. The molecule has 1 aliphatic carbocycles. The number of Topliss-reactive ketones (excluding diaryl/α,β-unsaturated/α-hetero) is 1. The standard InChI is InChI=1S/C11H17NO2/c1-8(10(13)9-4-5-9)11(14)12-6-2-3-7-12/h8-9H,2-7H2,1H3. The molecule has 0 spiro atoms. The minimum Gasteiger partial charge on any atom is -0.342 e. The molecule has 2 rings (SSSR count). The maximum absolute atomic E-state index is 11.8. The maximum Gasteiger partial charge on any atom is 0.232 e. The van der Waals surface area contributed by atoms with Gasteiger partial charge >= 0.3 is 0 Å². The molecule has 0 aromatic rings. The van der Waals surface area contributed by atoms with E-state index in [0.717, 1.165) is 38.8 Å². The second-order valence-electron chi connectivity index (χ2n) is 4.43. The molecule has 1 amide bonds. The van der Waals surface area contributed by atoms with E-state index in [1.54, 1.807) is 6.92 Å². The molecule has 2 fully saturated rings. The molecule has 1 unspecified atom stereocenters. The van der Waals surface area contributed by atoms with Crippen LogP contribution in [-0.2, 0) is 9.59 Å². The zero-order valence-corrected chi connectivity index (χ0v) is 8.66. The topological polar surface area (TPSA) is 37.4 Å². The van der Waals surface area contributed by atoms with Crippen molar-refractivity contribution in [3.63, 3.8) is 0 Å². The summed E-state index contributed by atoms with van der Waals surface area (Å²) < 4.78 is 0. The number of hydrogen-bond acceptors (Lipinski definition) is 2. The fraction of sp³-hybridized carbons (Fsp3) is 0.818. The number of likely N-dealkylation sites (tertiary alicyclic amines) is 1. The summed E-state index contributed by atoms with van der Waals surface area (Å²) in [5.41, 5.74) is 0. The third kappa shape index (κ3) is 1.81. The van der Waals surface area contributed by atoms with Crippen molar-refractivity contribution in [1.29, 1.82) is 0 Å². The van der Waals surface area contributed by atoms with Crippen LogP contribution in [0, 0.1) is 11.8 Å². The fourth-order valence-electron chi connectivity index (χ4n) is 2.05. The highest BCUT2D eigenvalue weighted by molar-refractivity contribution is 6.02. The predicted molar refractivity (Wildman–Crippen MR) is 52.7 cm³/mol. The molecule has 1 saturated carbocycles. The van der Waals surface area contributed by atoms with Crippen molar-refractivity contribution in [2.45, 2.75) is 32.6 Å². The molecule has 0 aromatic heterocycles. The minimum absolute atomic E-state index is 0.0550. The first-order valence-electron chi connectivity index (χ1n) is 5.52. The molecule has 0 N–H and O–H groups in total. The van der Waals surface area contributed by atoms with Gasteiger partial charge in [0.1, 0.15) is 5.78 Å². The van der Waals surface area contributed by atoms with Crippen LogP contribution in [0.4, 0.5) is 0 Å². The molecule has 3 heteroatoms. The first-order valence-corrected chi connectivity index (χ1v) is 5.52. The van der Waals surface area contributed by atoms with Gasteiger partial charge in [0.15, 0.2) is 0 Å². The average Bonchev–Trinajstić information content (AvgIpc) is 2.90. The zero-order valence-electron chi connectivity index (χ0n) is 8.66. The smallest absolute Gasteiger partial charge is 0.232 e. The van der Waals surface area contributed by atoms with Gasteiger partial charge in [-0.2, -0.15) is 0 Å². The number of carbonyl (C=O) groups is 2. The molecule has 0 radical (unpaired) electrons. The van der Waals surface area contributed by atoms with Gasteiger partial charge in [-0.15, -0.1) is 0 Å². The van der Waals surface area contributed by atoms with Crippen LogP contribution in [0.25, 0.3) is 0 Å². The lowest BCUT2D eigenvalue weighted by Crippen LogP contribution is -2.36. The van der Waals surface area contributed by atoms with Gasteiger partial charge in [0.25, 0.3) is 0 Å². The van der Waals surface area contributed by atoms with Crippen molar-refractivity contribution < 1.29 is 9.59 Å². The van der Waals surface area contributed by atoms with Crippen LogP contribution in [0.2, 0.25) is 0 Å². The number of ketones is 1. The quantitative estimate of drug-likeness (QED) is 0.635. The van der Waals surface area contributed by atoms with E-state index in [9.17, 15) is 9.59 Å². The van der Waals surface area contributed by atoms with Crippen LogP contribution < -0.4 is 0 Å². The van der Waals surface area contributed by atoms with Gasteiger partial charge in [0.2, 0.25) is 5.91 Å². The predicted octanol–water partition coefficient (Wildman–Crippen LogP) is 1.22. The Balaban J connectivity index is 1.92. The van der Waals surface area contributed by atoms with E-state index in [1.807, 2.05) is 4.90 Å². The summed E-state index contributed by atoms with van der Waals surface area (Å²) in [6, 6.07) is 0. The van der Waals surface area contributed by atoms with Crippen LogP contribution in [0.15, 0.2) is 0 Å². The molecule has 1 heterocycles. The van der Waals surface area contributed by atoms with Crippen LogP contribution in [-0.4, -0.2) is 29.7 Å². The van der Waals surface area contributed by atoms with Crippen molar-refractivity contribution in [3.05, 3.63) is 0 Å². The Labute approximate surface area is 84.5 Å². The van der Waals surface area contributed by atoms with Crippen LogP contribution in [0.1, 0.15) is 32.6 Å². The maximum atomic E-state index is 11.8. The Kier molecular flexibility index (Phi) is 2.57. The molecular weight excluding hydrogens is 178 g/mol. The van der Waals surface area contributed by atoms with Gasteiger partial charge in [0.05, 0.1) is 5.92 Å². The van der Waals surface area contributed by atoms with E-state index in [4.69, 9.17) is 0 Å².